The summed E-state index contributed by atoms with van der Waals surface area (Å²) in [4.78, 5) is 13.5. The van der Waals surface area contributed by atoms with Crippen LogP contribution in [0.5, 0.6) is 0 Å². The first-order chi connectivity index (χ1) is 5.54. The Balaban J connectivity index is 4.43. The maximum absolute atomic E-state index is 11.6. The first kappa shape index (κ1) is 11.2. The van der Waals surface area contributed by atoms with E-state index in [1.54, 1.807) is 0 Å². The standard InChI is InChI=1S/C10H19NO/c1-6-9(5)10(12)11(7-2)8(3)4/h6,8H,7H2,1-5H3/b9-6-. The molecule has 1 amide bonds. The lowest BCUT2D eigenvalue weighted by Crippen LogP contribution is -2.37. The predicted octanol–water partition coefficient (Wildman–Crippen LogP) is 2.21. The molecule has 2 nitrogen and oxygen atoms in total. The van der Waals surface area contributed by atoms with Gasteiger partial charge in [-0.05, 0) is 34.6 Å². The van der Waals surface area contributed by atoms with Crippen molar-refractivity contribution in [2.45, 2.75) is 40.7 Å². The Kier molecular flexibility index (Phi) is 4.64. The van der Waals surface area contributed by atoms with Crippen molar-refractivity contribution in [3.63, 3.8) is 0 Å². The molecule has 0 radical (unpaired) electrons. The zero-order chi connectivity index (χ0) is 9.72. The van der Waals surface area contributed by atoms with Gasteiger partial charge in [0, 0.05) is 18.2 Å². The molecule has 70 valence electrons. The van der Waals surface area contributed by atoms with Crippen molar-refractivity contribution in [3.05, 3.63) is 11.6 Å². The van der Waals surface area contributed by atoms with Crippen LogP contribution in [0.4, 0.5) is 0 Å². The van der Waals surface area contributed by atoms with E-state index in [1.165, 1.54) is 0 Å². The average molecular weight is 169 g/mol. The molecule has 0 aromatic carbocycles. The summed E-state index contributed by atoms with van der Waals surface area (Å²) in [6, 6.07) is 0.289. The fourth-order valence-electron chi connectivity index (χ4n) is 1.09. The van der Waals surface area contributed by atoms with Crippen molar-refractivity contribution >= 4 is 5.91 Å². The molecule has 0 saturated carbocycles. The van der Waals surface area contributed by atoms with Gasteiger partial charge >= 0.3 is 0 Å². The van der Waals surface area contributed by atoms with Crippen LogP contribution in [-0.4, -0.2) is 23.4 Å². The van der Waals surface area contributed by atoms with Gasteiger partial charge in [0.25, 0.3) is 0 Å². The molecule has 0 N–H and O–H groups in total. The largest absolute Gasteiger partial charge is 0.337 e. The Morgan fingerprint density at radius 2 is 2.00 bits per heavy atom. The van der Waals surface area contributed by atoms with E-state index in [0.717, 1.165) is 12.1 Å². The van der Waals surface area contributed by atoms with E-state index in [2.05, 4.69) is 0 Å². The number of carbonyl (C=O) groups excluding carboxylic acids is 1. The van der Waals surface area contributed by atoms with Crippen LogP contribution in [0.25, 0.3) is 0 Å². The number of nitrogens with zero attached hydrogens (tertiary/aromatic N) is 1. The minimum Gasteiger partial charge on any atom is -0.337 e. The van der Waals surface area contributed by atoms with E-state index in [4.69, 9.17) is 0 Å². The van der Waals surface area contributed by atoms with Crippen LogP contribution in [0.3, 0.4) is 0 Å². The number of amides is 1. The van der Waals surface area contributed by atoms with Crippen LogP contribution in [0.15, 0.2) is 11.6 Å². The normalized spacial score (nSPS) is 12.0. The van der Waals surface area contributed by atoms with Crippen molar-refractivity contribution in [1.29, 1.82) is 0 Å². The fraction of sp³-hybridized carbons (Fsp3) is 0.700. The molecule has 0 aliphatic carbocycles. The van der Waals surface area contributed by atoms with Crippen LogP contribution in [0.1, 0.15) is 34.6 Å². The van der Waals surface area contributed by atoms with Gasteiger partial charge in [0.2, 0.25) is 5.91 Å². The maximum Gasteiger partial charge on any atom is 0.249 e. The van der Waals surface area contributed by atoms with Crippen molar-refractivity contribution < 1.29 is 4.79 Å². The Hall–Kier alpha value is -0.790. The topological polar surface area (TPSA) is 20.3 Å². The number of hydrogen-bond donors (Lipinski definition) is 0. The molecule has 0 unspecified atom stereocenters. The van der Waals surface area contributed by atoms with E-state index in [0.29, 0.717) is 0 Å². The summed E-state index contributed by atoms with van der Waals surface area (Å²) in [5, 5.41) is 0. The molecule has 0 saturated heterocycles. The summed E-state index contributed by atoms with van der Waals surface area (Å²) in [5.74, 6) is 0.148. The molecule has 0 aliphatic heterocycles. The second-order valence-corrected chi connectivity index (χ2v) is 3.16. The van der Waals surface area contributed by atoms with E-state index in [1.807, 2.05) is 45.6 Å². The SMILES string of the molecule is C/C=C(/C)C(=O)N(CC)C(C)C. The summed E-state index contributed by atoms with van der Waals surface area (Å²) < 4.78 is 0. The van der Waals surface area contributed by atoms with Crippen LogP contribution >= 0.6 is 0 Å². The number of carbonyl (C=O) groups is 1. The van der Waals surface area contributed by atoms with Crippen molar-refractivity contribution in [3.8, 4) is 0 Å². The van der Waals surface area contributed by atoms with Crippen molar-refractivity contribution in [1.82, 2.24) is 4.90 Å². The number of rotatable bonds is 3. The highest BCUT2D eigenvalue weighted by Crippen LogP contribution is 2.04. The summed E-state index contributed by atoms with van der Waals surface area (Å²) in [7, 11) is 0. The second-order valence-electron chi connectivity index (χ2n) is 3.16. The van der Waals surface area contributed by atoms with Gasteiger partial charge in [0.15, 0.2) is 0 Å². The fourth-order valence-corrected chi connectivity index (χ4v) is 1.09. The smallest absolute Gasteiger partial charge is 0.249 e. The lowest BCUT2D eigenvalue weighted by molar-refractivity contribution is -0.128. The maximum atomic E-state index is 11.6. The highest BCUT2D eigenvalue weighted by atomic mass is 16.2. The molecule has 0 atom stereocenters. The van der Waals surface area contributed by atoms with E-state index in [9.17, 15) is 4.79 Å². The summed E-state index contributed by atoms with van der Waals surface area (Å²) in [5.41, 5.74) is 0.825. The van der Waals surface area contributed by atoms with Gasteiger partial charge in [-0.2, -0.15) is 0 Å². The van der Waals surface area contributed by atoms with E-state index >= 15 is 0 Å². The molecule has 0 heterocycles. The molecule has 2 heteroatoms. The summed E-state index contributed by atoms with van der Waals surface area (Å²) in [6.45, 7) is 10.6. The molecule has 12 heavy (non-hydrogen) atoms. The third kappa shape index (κ3) is 2.68. The Morgan fingerprint density at radius 3 is 2.25 bits per heavy atom. The van der Waals surface area contributed by atoms with Crippen LogP contribution in [0, 0.1) is 0 Å². The predicted molar refractivity (Wildman–Crippen MR) is 52.0 cm³/mol. The molecule has 0 aromatic rings. The van der Waals surface area contributed by atoms with Gasteiger partial charge in [-0.25, -0.2) is 0 Å². The molecule has 0 aliphatic rings. The third-order valence-electron chi connectivity index (χ3n) is 2.00. The molecule has 0 fully saturated rings. The molecular weight excluding hydrogens is 150 g/mol. The first-order valence-electron chi connectivity index (χ1n) is 4.48. The zero-order valence-corrected chi connectivity index (χ0v) is 8.72. The number of hydrogen-bond acceptors (Lipinski definition) is 1. The lowest BCUT2D eigenvalue weighted by atomic mass is 10.2. The van der Waals surface area contributed by atoms with Gasteiger partial charge in [0.1, 0.15) is 0 Å². The zero-order valence-electron chi connectivity index (χ0n) is 8.72. The van der Waals surface area contributed by atoms with Crippen LogP contribution < -0.4 is 0 Å². The minimum atomic E-state index is 0.148. The summed E-state index contributed by atoms with van der Waals surface area (Å²) in [6.07, 6.45) is 1.85. The molecular formula is C10H19NO. The number of allylic oxidation sites excluding steroid dienone is 1. The Bertz CT molecular complexity index is 182. The highest BCUT2D eigenvalue weighted by molar-refractivity contribution is 5.92. The summed E-state index contributed by atoms with van der Waals surface area (Å²) >= 11 is 0. The Labute approximate surface area is 75.3 Å². The third-order valence-corrected chi connectivity index (χ3v) is 2.00. The first-order valence-corrected chi connectivity index (χ1v) is 4.48. The molecule has 0 spiro atoms. The average Bonchev–Trinajstić information content (AvgIpc) is 2.03. The van der Waals surface area contributed by atoms with E-state index < -0.39 is 0 Å². The highest BCUT2D eigenvalue weighted by Gasteiger charge is 2.15. The number of likely N-dealkylation sites (N-methyl/N-ethyl adjacent to an activating group) is 1. The van der Waals surface area contributed by atoms with Gasteiger partial charge < -0.3 is 4.90 Å². The Morgan fingerprint density at radius 1 is 1.50 bits per heavy atom. The molecule has 0 bridgehead atoms. The van der Waals surface area contributed by atoms with Crippen molar-refractivity contribution in [2.24, 2.45) is 0 Å². The van der Waals surface area contributed by atoms with Crippen LogP contribution in [-0.2, 0) is 4.79 Å². The van der Waals surface area contributed by atoms with Crippen molar-refractivity contribution in [2.75, 3.05) is 6.54 Å². The second kappa shape index (κ2) is 4.96. The molecule has 0 aromatic heterocycles. The van der Waals surface area contributed by atoms with Gasteiger partial charge in [-0.15, -0.1) is 0 Å². The van der Waals surface area contributed by atoms with Gasteiger partial charge in [-0.3, -0.25) is 4.79 Å². The van der Waals surface area contributed by atoms with Crippen LogP contribution in [0.2, 0.25) is 0 Å². The van der Waals surface area contributed by atoms with Gasteiger partial charge in [0.05, 0.1) is 0 Å². The monoisotopic (exact) mass is 169 g/mol. The minimum absolute atomic E-state index is 0.148. The van der Waals surface area contributed by atoms with E-state index in [-0.39, 0.29) is 11.9 Å². The quantitative estimate of drug-likeness (QED) is 0.593. The van der Waals surface area contributed by atoms with Gasteiger partial charge in [-0.1, -0.05) is 6.08 Å². The molecule has 0 rings (SSSR count). The lowest BCUT2D eigenvalue weighted by Gasteiger charge is -2.25.